The Morgan fingerprint density at radius 2 is 2.12 bits per heavy atom. The highest BCUT2D eigenvalue weighted by Gasteiger charge is 2.14. The fraction of sp³-hybridized carbons (Fsp3) is 0.154. The Labute approximate surface area is 104 Å². The highest BCUT2D eigenvalue weighted by molar-refractivity contribution is 7.14. The van der Waals surface area contributed by atoms with E-state index in [1.165, 1.54) is 11.3 Å². The molecule has 0 bridgehead atoms. The predicted octanol–water partition coefficient (Wildman–Crippen LogP) is 3.19. The van der Waals surface area contributed by atoms with Crippen LogP contribution in [0.2, 0.25) is 0 Å². The number of aryl methyl sites for hydroxylation is 1. The molecule has 2 N–H and O–H groups in total. The molecule has 0 fully saturated rings. The molecule has 0 spiro atoms. The molecule has 0 aliphatic rings. The van der Waals surface area contributed by atoms with E-state index < -0.39 is 0 Å². The van der Waals surface area contributed by atoms with Crippen LogP contribution >= 0.6 is 11.3 Å². The molecule has 0 saturated carbocycles. The lowest BCUT2D eigenvalue weighted by Crippen LogP contribution is -1.90. The number of rotatable bonds is 2. The van der Waals surface area contributed by atoms with Gasteiger partial charge in [-0.05, 0) is 19.1 Å². The lowest BCUT2D eigenvalue weighted by Gasteiger charge is -2.08. The lowest BCUT2D eigenvalue weighted by molar-refractivity contribution is 0.416. The summed E-state index contributed by atoms with van der Waals surface area (Å²) >= 11 is 1.38. The summed E-state index contributed by atoms with van der Waals surface area (Å²) in [5.74, 6) is 0.755. The minimum atomic E-state index is 0.527. The van der Waals surface area contributed by atoms with Crippen LogP contribution in [-0.4, -0.2) is 7.11 Å². The third-order valence-electron chi connectivity index (χ3n) is 2.58. The van der Waals surface area contributed by atoms with Crippen molar-refractivity contribution in [3.05, 3.63) is 34.7 Å². The van der Waals surface area contributed by atoms with Crippen LogP contribution in [0.15, 0.2) is 23.6 Å². The summed E-state index contributed by atoms with van der Waals surface area (Å²) in [4.78, 5) is 0. The summed E-state index contributed by atoms with van der Waals surface area (Å²) in [7, 11) is 1.62. The van der Waals surface area contributed by atoms with E-state index in [-0.39, 0.29) is 0 Å². The number of nitriles is 1. The molecule has 0 saturated heterocycles. The Balaban J connectivity index is 2.68. The molecule has 0 aliphatic carbocycles. The Hall–Kier alpha value is -1.99. The van der Waals surface area contributed by atoms with Crippen molar-refractivity contribution in [3.8, 4) is 22.9 Å². The zero-order valence-corrected chi connectivity index (χ0v) is 10.5. The van der Waals surface area contributed by atoms with Crippen LogP contribution < -0.4 is 10.5 Å². The molecule has 2 rings (SSSR count). The maximum absolute atomic E-state index is 9.12. The number of nitrogen functional groups attached to an aromatic ring is 1. The summed E-state index contributed by atoms with van der Waals surface area (Å²) in [5, 5.41) is 11.6. The maximum Gasteiger partial charge on any atom is 0.126 e. The molecule has 2 aromatic rings. The molecule has 0 aliphatic heterocycles. The zero-order chi connectivity index (χ0) is 12.4. The summed E-state index contributed by atoms with van der Waals surface area (Å²) < 4.78 is 5.32. The number of thiophene rings is 1. The average Bonchev–Trinajstić information content (AvgIpc) is 2.70. The smallest absolute Gasteiger partial charge is 0.126 e. The molecule has 86 valence electrons. The van der Waals surface area contributed by atoms with Gasteiger partial charge in [0.15, 0.2) is 0 Å². The van der Waals surface area contributed by atoms with E-state index in [9.17, 15) is 0 Å². The number of benzene rings is 1. The van der Waals surface area contributed by atoms with Crippen molar-refractivity contribution in [2.24, 2.45) is 0 Å². The molecule has 1 aromatic heterocycles. The van der Waals surface area contributed by atoms with Gasteiger partial charge in [0.25, 0.3) is 0 Å². The summed E-state index contributed by atoms with van der Waals surface area (Å²) in [6.07, 6.45) is 0. The molecule has 1 heterocycles. The van der Waals surface area contributed by atoms with Crippen LogP contribution in [0.1, 0.15) is 11.1 Å². The molecule has 0 unspecified atom stereocenters. The molecule has 0 atom stereocenters. The van der Waals surface area contributed by atoms with Gasteiger partial charge in [-0.25, -0.2) is 0 Å². The Bertz CT molecular complexity index is 596. The van der Waals surface area contributed by atoms with Gasteiger partial charge in [-0.15, -0.1) is 11.3 Å². The lowest BCUT2D eigenvalue weighted by atomic mass is 10.0. The van der Waals surface area contributed by atoms with Gasteiger partial charge < -0.3 is 10.5 Å². The largest absolute Gasteiger partial charge is 0.496 e. The van der Waals surface area contributed by atoms with Crippen LogP contribution in [-0.2, 0) is 0 Å². The van der Waals surface area contributed by atoms with E-state index in [4.69, 9.17) is 15.7 Å². The fourth-order valence-corrected chi connectivity index (χ4v) is 2.48. The Morgan fingerprint density at radius 3 is 2.76 bits per heavy atom. The first-order valence-corrected chi connectivity index (χ1v) is 5.97. The molecule has 17 heavy (non-hydrogen) atoms. The number of hydrogen-bond donors (Lipinski definition) is 1. The number of methoxy groups -OCH3 is 1. The first-order valence-electron chi connectivity index (χ1n) is 5.09. The minimum absolute atomic E-state index is 0.527. The number of nitrogens with zero attached hydrogens (tertiary/aromatic N) is 1. The van der Waals surface area contributed by atoms with Gasteiger partial charge in [0.2, 0.25) is 0 Å². The minimum Gasteiger partial charge on any atom is -0.496 e. The third kappa shape index (κ3) is 1.97. The summed E-state index contributed by atoms with van der Waals surface area (Å²) in [6.45, 7) is 2.00. The normalized spacial score (nSPS) is 9.94. The Kier molecular flexibility index (Phi) is 3.03. The second-order valence-electron chi connectivity index (χ2n) is 3.70. The van der Waals surface area contributed by atoms with E-state index in [2.05, 4.69) is 6.07 Å². The number of anilines is 1. The van der Waals surface area contributed by atoms with Crippen LogP contribution in [0.25, 0.3) is 11.1 Å². The van der Waals surface area contributed by atoms with E-state index >= 15 is 0 Å². The van der Waals surface area contributed by atoms with Crippen LogP contribution in [0.3, 0.4) is 0 Å². The third-order valence-corrected chi connectivity index (χ3v) is 3.39. The average molecular weight is 244 g/mol. The summed E-state index contributed by atoms with van der Waals surface area (Å²) in [5.41, 5.74) is 9.18. The maximum atomic E-state index is 9.12. The van der Waals surface area contributed by atoms with Gasteiger partial charge in [-0.2, -0.15) is 5.26 Å². The Morgan fingerprint density at radius 1 is 1.35 bits per heavy atom. The van der Waals surface area contributed by atoms with Gasteiger partial charge in [0.1, 0.15) is 16.8 Å². The summed E-state index contributed by atoms with van der Waals surface area (Å²) in [6, 6.07) is 8.02. The monoisotopic (exact) mass is 244 g/mol. The molecular formula is C13H12N2OS. The topological polar surface area (TPSA) is 59.0 Å². The van der Waals surface area contributed by atoms with Crippen LogP contribution in [0.5, 0.6) is 5.75 Å². The molecular weight excluding hydrogens is 232 g/mol. The molecule has 3 nitrogen and oxygen atoms in total. The van der Waals surface area contributed by atoms with Crippen molar-refractivity contribution < 1.29 is 4.74 Å². The van der Waals surface area contributed by atoms with E-state index in [1.807, 2.05) is 30.5 Å². The van der Waals surface area contributed by atoms with Crippen molar-refractivity contribution in [2.45, 2.75) is 6.92 Å². The quantitative estimate of drug-likeness (QED) is 0.882. The fourth-order valence-electron chi connectivity index (χ4n) is 1.72. The number of ether oxygens (including phenoxy) is 1. The van der Waals surface area contributed by atoms with Crippen molar-refractivity contribution in [1.82, 2.24) is 0 Å². The van der Waals surface area contributed by atoms with Gasteiger partial charge in [-0.1, -0.05) is 11.6 Å². The van der Waals surface area contributed by atoms with Crippen molar-refractivity contribution in [2.75, 3.05) is 12.8 Å². The molecule has 1 aromatic carbocycles. The highest BCUT2D eigenvalue weighted by atomic mass is 32.1. The highest BCUT2D eigenvalue weighted by Crippen LogP contribution is 2.38. The van der Waals surface area contributed by atoms with Gasteiger partial charge in [-0.3, -0.25) is 0 Å². The van der Waals surface area contributed by atoms with Gasteiger partial charge in [0.05, 0.1) is 12.7 Å². The zero-order valence-electron chi connectivity index (χ0n) is 9.65. The SMILES string of the molecule is COc1ccc(C)cc1-c1csc(N)c1C#N. The second kappa shape index (κ2) is 4.48. The van der Waals surface area contributed by atoms with E-state index in [1.54, 1.807) is 7.11 Å². The molecule has 0 amide bonds. The van der Waals surface area contributed by atoms with Crippen molar-refractivity contribution in [1.29, 1.82) is 5.26 Å². The first kappa shape index (κ1) is 11.5. The molecule has 0 radical (unpaired) electrons. The van der Waals surface area contributed by atoms with Gasteiger partial charge in [0, 0.05) is 16.5 Å². The van der Waals surface area contributed by atoms with Crippen molar-refractivity contribution in [3.63, 3.8) is 0 Å². The van der Waals surface area contributed by atoms with Crippen LogP contribution in [0, 0.1) is 18.3 Å². The van der Waals surface area contributed by atoms with E-state index in [0.717, 1.165) is 22.4 Å². The number of hydrogen-bond acceptors (Lipinski definition) is 4. The first-order chi connectivity index (χ1) is 8.17. The predicted molar refractivity (Wildman–Crippen MR) is 70.2 cm³/mol. The van der Waals surface area contributed by atoms with Crippen LogP contribution in [0.4, 0.5) is 5.00 Å². The standard InChI is InChI=1S/C13H12N2OS/c1-8-3-4-12(16-2)9(5-8)11-7-17-13(15)10(11)6-14/h3-5,7H,15H2,1-2H3. The number of nitrogens with two attached hydrogens (primary N) is 1. The van der Waals surface area contributed by atoms with E-state index in [0.29, 0.717) is 10.6 Å². The molecule has 4 heteroatoms. The van der Waals surface area contributed by atoms with Gasteiger partial charge >= 0.3 is 0 Å². The van der Waals surface area contributed by atoms with Crippen molar-refractivity contribution >= 4 is 16.3 Å². The second-order valence-corrected chi connectivity index (χ2v) is 4.62.